The molecule has 0 unspecified atom stereocenters. The summed E-state index contributed by atoms with van der Waals surface area (Å²) in [6, 6.07) is 13.3. The summed E-state index contributed by atoms with van der Waals surface area (Å²) < 4.78 is 0. The van der Waals surface area contributed by atoms with Crippen molar-refractivity contribution >= 4 is 17.4 Å². The van der Waals surface area contributed by atoms with E-state index in [0.717, 1.165) is 30.9 Å². The van der Waals surface area contributed by atoms with Crippen molar-refractivity contribution in [3.05, 3.63) is 53.7 Å². The Balaban J connectivity index is 2.08. The molecule has 0 spiro atoms. The van der Waals surface area contributed by atoms with Gasteiger partial charge in [0, 0.05) is 12.2 Å². The summed E-state index contributed by atoms with van der Waals surface area (Å²) >= 11 is 0. The van der Waals surface area contributed by atoms with Gasteiger partial charge < -0.3 is 10.6 Å². The van der Waals surface area contributed by atoms with Crippen molar-refractivity contribution in [2.24, 2.45) is 0 Å². The monoisotopic (exact) mass is 283 g/mol. The zero-order chi connectivity index (χ0) is 15.1. The van der Waals surface area contributed by atoms with Crippen LogP contribution in [0.15, 0.2) is 42.5 Å². The molecule has 0 fully saturated rings. The van der Waals surface area contributed by atoms with Gasteiger partial charge in [-0.3, -0.25) is 4.79 Å². The van der Waals surface area contributed by atoms with E-state index >= 15 is 0 Å². The fourth-order valence-corrected chi connectivity index (χ4v) is 1.98. The second kappa shape index (κ2) is 7.43. The van der Waals surface area contributed by atoms with E-state index < -0.39 is 0 Å². The number of pyridine rings is 1. The van der Waals surface area contributed by atoms with Crippen LogP contribution in [0, 0.1) is 0 Å². The minimum absolute atomic E-state index is 0.191. The first-order valence-electron chi connectivity index (χ1n) is 7.34. The summed E-state index contributed by atoms with van der Waals surface area (Å²) in [5, 5.41) is 6.07. The number of anilines is 2. The molecule has 0 bridgehead atoms. The molecule has 2 N–H and O–H groups in total. The van der Waals surface area contributed by atoms with Crippen LogP contribution in [0.3, 0.4) is 0 Å². The molecule has 110 valence electrons. The average Bonchev–Trinajstić information content (AvgIpc) is 2.53. The molecule has 1 heterocycles. The predicted octanol–water partition coefficient (Wildman–Crippen LogP) is 3.72. The molecule has 1 aromatic heterocycles. The van der Waals surface area contributed by atoms with Gasteiger partial charge >= 0.3 is 0 Å². The molecule has 4 nitrogen and oxygen atoms in total. The van der Waals surface area contributed by atoms with E-state index in [4.69, 9.17) is 0 Å². The Kier molecular flexibility index (Phi) is 5.32. The molecular formula is C17H21N3O. The van der Waals surface area contributed by atoms with E-state index in [2.05, 4.69) is 29.5 Å². The Bertz CT molecular complexity index is 610. The van der Waals surface area contributed by atoms with Crippen molar-refractivity contribution in [1.29, 1.82) is 0 Å². The Hall–Kier alpha value is -2.36. The van der Waals surface area contributed by atoms with Crippen LogP contribution < -0.4 is 10.6 Å². The standard InChI is InChI=1S/C17H21N3O/c1-3-11-18-16-10-6-9-15(20-16)17(21)19-14-8-5-7-13(4-2)12-14/h5-10,12H,3-4,11H2,1-2H3,(H,18,20)(H,19,21). The van der Waals surface area contributed by atoms with Crippen LogP contribution in [0.25, 0.3) is 0 Å². The minimum Gasteiger partial charge on any atom is -0.370 e. The molecule has 0 aliphatic rings. The van der Waals surface area contributed by atoms with E-state index in [1.807, 2.05) is 36.4 Å². The highest BCUT2D eigenvalue weighted by Gasteiger charge is 2.08. The molecule has 4 heteroatoms. The van der Waals surface area contributed by atoms with E-state index in [0.29, 0.717) is 5.69 Å². The predicted molar refractivity (Wildman–Crippen MR) is 86.8 cm³/mol. The van der Waals surface area contributed by atoms with E-state index in [1.165, 1.54) is 5.56 Å². The van der Waals surface area contributed by atoms with Crippen LogP contribution in [0.1, 0.15) is 36.3 Å². The largest absolute Gasteiger partial charge is 0.370 e. The summed E-state index contributed by atoms with van der Waals surface area (Å²) in [5.74, 6) is 0.537. The number of carbonyl (C=O) groups excluding carboxylic acids is 1. The molecule has 0 saturated carbocycles. The van der Waals surface area contributed by atoms with Gasteiger partial charge in [-0.25, -0.2) is 4.98 Å². The van der Waals surface area contributed by atoms with E-state index in [9.17, 15) is 4.79 Å². The SMILES string of the molecule is CCCNc1cccc(C(=O)Nc2cccc(CC)c2)n1. The summed E-state index contributed by atoms with van der Waals surface area (Å²) in [6.45, 7) is 5.02. The van der Waals surface area contributed by atoms with Gasteiger partial charge in [0.05, 0.1) is 0 Å². The normalized spacial score (nSPS) is 10.2. The van der Waals surface area contributed by atoms with Gasteiger partial charge in [-0.2, -0.15) is 0 Å². The van der Waals surface area contributed by atoms with Crippen molar-refractivity contribution < 1.29 is 4.79 Å². The smallest absolute Gasteiger partial charge is 0.274 e. The third kappa shape index (κ3) is 4.31. The maximum atomic E-state index is 12.2. The lowest BCUT2D eigenvalue weighted by molar-refractivity contribution is 0.102. The van der Waals surface area contributed by atoms with Crippen LogP contribution in [0.5, 0.6) is 0 Å². The summed E-state index contributed by atoms with van der Waals surface area (Å²) in [6.07, 6.45) is 1.96. The van der Waals surface area contributed by atoms with Crippen LogP contribution in [0.4, 0.5) is 11.5 Å². The number of aromatic nitrogens is 1. The quantitative estimate of drug-likeness (QED) is 0.849. The van der Waals surface area contributed by atoms with Crippen molar-refractivity contribution in [2.75, 3.05) is 17.2 Å². The summed E-state index contributed by atoms with van der Waals surface area (Å²) in [4.78, 5) is 16.6. The van der Waals surface area contributed by atoms with Gasteiger partial charge in [-0.15, -0.1) is 0 Å². The number of hydrogen-bond donors (Lipinski definition) is 2. The van der Waals surface area contributed by atoms with Gasteiger partial charge in [-0.1, -0.05) is 32.0 Å². The summed E-state index contributed by atoms with van der Waals surface area (Å²) in [5.41, 5.74) is 2.41. The number of aryl methyl sites for hydroxylation is 1. The minimum atomic E-state index is -0.191. The highest BCUT2D eigenvalue weighted by Crippen LogP contribution is 2.13. The third-order valence-corrected chi connectivity index (χ3v) is 3.13. The van der Waals surface area contributed by atoms with Gasteiger partial charge in [0.1, 0.15) is 11.5 Å². The zero-order valence-corrected chi connectivity index (χ0v) is 12.5. The molecule has 0 aliphatic heterocycles. The fraction of sp³-hybridized carbons (Fsp3) is 0.294. The summed E-state index contributed by atoms with van der Waals surface area (Å²) in [7, 11) is 0. The molecule has 0 radical (unpaired) electrons. The Morgan fingerprint density at radius 1 is 1.14 bits per heavy atom. The first kappa shape index (κ1) is 15.0. The number of benzene rings is 1. The second-order valence-electron chi connectivity index (χ2n) is 4.84. The Labute approximate surface area is 125 Å². The maximum absolute atomic E-state index is 12.2. The molecule has 0 saturated heterocycles. The lowest BCUT2D eigenvalue weighted by atomic mass is 10.1. The van der Waals surface area contributed by atoms with Gasteiger partial charge in [0.15, 0.2) is 0 Å². The number of carbonyl (C=O) groups is 1. The Morgan fingerprint density at radius 3 is 2.71 bits per heavy atom. The molecule has 2 aromatic rings. The van der Waals surface area contributed by atoms with Gasteiger partial charge in [0.2, 0.25) is 0 Å². The number of rotatable bonds is 6. The van der Waals surface area contributed by atoms with Crippen molar-refractivity contribution in [3.8, 4) is 0 Å². The fourth-order valence-electron chi connectivity index (χ4n) is 1.98. The van der Waals surface area contributed by atoms with Crippen molar-refractivity contribution in [1.82, 2.24) is 4.98 Å². The topological polar surface area (TPSA) is 54.0 Å². The van der Waals surface area contributed by atoms with Crippen molar-refractivity contribution in [2.45, 2.75) is 26.7 Å². The highest BCUT2D eigenvalue weighted by atomic mass is 16.1. The number of nitrogens with zero attached hydrogens (tertiary/aromatic N) is 1. The molecule has 21 heavy (non-hydrogen) atoms. The maximum Gasteiger partial charge on any atom is 0.274 e. The first-order valence-corrected chi connectivity index (χ1v) is 7.34. The van der Waals surface area contributed by atoms with E-state index in [1.54, 1.807) is 6.07 Å². The van der Waals surface area contributed by atoms with E-state index in [-0.39, 0.29) is 5.91 Å². The average molecular weight is 283 g/mol. The molecule has 1 amide bonds. The molecule has 2 rings (SSSR count). The first-order chi connectivity index (χ1) is 10.2. The number of hydrogen-bond acceptors (Lipinski definition) is 3. The molecule has 0 atom stereocenters. The molecular weight excluding hydrogens is 262 g/mol. The van der Waals surface area contributed by atoms with Crippen LogP contribution in [0.2, 0.25) is 0 Å². The van der Waals surface area contributed by atoms with Crippen LogP contribution in [-0.2, 0) is 6.42 Å². The molecule has 0 aliphatic carbocycles. The zero-order valence-electron chi connectivity index (χ0n) is 12.5. The Morgan fingerprint density at radius 2 is 1.95 bits per heavy atom. The third-order valence-electron chi connectivity index (χ3n) is 3.13. The highest BCUT2D eigenvalue weighted by molar-refractivity contribution is 6.03. The van der Waals surface area contributed by atoms with Crippen LogP contribution >= 0.6 is 0 Å². The van der Waals surface area contributed by atoms with Crippen molar-refractivity contribution in [3.63, 3.8) is 0 Å². The lowest BCUT2D eigenvalue weighted by Gasteiger charge is -2.08. The van der Waals surface area contributed by atoms with Gasteiger partial charge in [-0.05, 0) is 42.7 Å². The number of nitrogens with one attached hydrogen (secondary N) is 2. The van der Waals surface area contributed by atoms with Crippen LogP contribution in [-0.4, -0.2) is 17.4 Å². The number of amides is 1. The molecule has 1 aromatic carbocycles. The second-order valence-corrected chi connectivity index (χ2v) is 4.84. The lowest BCUT2D eigenvalue weighted by Crippen LogP contribution is -2.14. The van der Waals surface area contributed by atoms with Gasteiger partial charge in [0.25, 0.3) is 5.91 Å².